The number of rotatable bonds is 8. The SMILES string of the molecule is CO[C@@H]1OC(CO)[C@@H](O[C@H]2OC(C)[C@H](O)C(O)[C@@H]2O)C(O[C@@H]2OC(CO)[C@H](O)C(O)[C@@H]2O)[C@@H]1NC(C)=O. The zero-order valence-electron chi connectivity index (χ0n) is 20.5. The summed E-state index contributed by atoms with van der Waals surface area (Å²) in [5.41, 5.74) is 0. The average Bonchev–Trinajstić information content (AvgIpc) is 2.87. The van der Waals surface area contributed by atoms with Crippen molar-refractivity contribution in [3.63, 3.8) is 0 Å². The zero-order valence-corrected chi connectivity index (χ0v) is 20.5. The highest BCUT2D eigenvalue weighted by molar-refractivity contribution is 5.73. The molecule has 1 amide bonds. The van der Waals surface area contributed by atoms with Gasteiger partial charge in [-0.3, -0.25) is 4.79 Å². The largest absolute Gasteiger partial charge is 0.394 e. The van der Waals surface area contributed by atoms with Crippen molar-refractivity contribution in [2.45, 2.75) is 106 Å². The van der Waals surface area contributed by atoms with Crippen molar-refractivity contribution in [3.05, 3.63) is 0 Å². The van der Waals surface area contributed by atoms with Gasteiger partial charge in [0.25, 0.3) is 0 Å². The van der Waals surface area contributed by atoms with Gasteiger partial charge in [-0.15, -0.1) is 0 Å². The zero-order chi connectivity index (χ0) is 27.6. The molecule has 16 nitrogen and oxygen atoms in total. The van der Waals surface area contributed by atoms with Gasteiger partial charge in [0.2, 0.25) is 5.91 Å². The molecule has 3 heterocycles. The molecule has 0 aromatic rings. The van der Waals surface area contributed by atoms with Gasteiger partial charge >= 0.3 is 0 Å². The second kappa shape index (κ2) is 12.8. The first-order valence-electron chi connectivity index (χ1n) is 11.8. The van der Waals surface area contributed by atoms with Crippen LogP contribution in [0.4, 0.5) is 0 Å². The van der Waals surface area contributed by atoms with E-state index in [4.69, 9.17) is 28.4 Å². The first-order chi connectivity index (χ1) is 17.4. The van der Waals surface area contributed by atoms with E-state index in [1.54, 1.807) is 0 Å². The summed E-state index contributed by atoms with van der Waals surface area (Å²) in [6, 6.07) is -1.18. The van der Waals surface area contributed by atoms with Crippen molar-refractivity contribution in [1.82, 2.24) is 5.32 Å². The van der Waals surface area contributed by atoms with Crippen LogP contribution in [-0.4, -0.2) is 159 Å². The lowest BCUT2D eigenvalue weighted by molar-refractivity contribution is -0.371. The molecule has 6 unspecified atom stereocenters. The summed E-state index contributed by atoms with van der Waals surface area (Å²) in [6.45, 7) is 1.21. The fraction of sp³-hybridized carbons (Fsp3) is 0.952. The molecule has 37 heavy (non-hydrogen) atoms. The minimum absolute atomic E-state index is 0.555. The Balaban J connectivity index is 1.95. The first kappa shape index (κ1) is 30.5. The van der Waals surface area contributed by atoms with Crippen LogP contribution in [0.3, 0.4) is 0 Å². The van der Waals surface area contributed by atoms with Gasteiger partial charge in [0.15, 0.2) is 18.9 Å². The minimum Gasteiger partial charge on any atom is -0.394 e. The molecule has 0 saturated carbocycles. The number of carbonyl (C=O) groups is 1. The number of methoxy groups -OCH3 is 1. The summed E-state index contributed by atoms with van der Waals surface area (Å²) in [4.78, 5) is 12.0. The van der Waals surface area contributed by atoms with E-state index < -0.39 is 111 Å². The Hall–Kier alpha value is -1.09. The maximum Gasteiger partial charge on any atom is 0.217 e. The highest BCUT2D eigenvalue weighted by atomic mass is 16.8. The van der Waals surface area contributed by atoms with Crippen LogP contribution in [0.5, 0.6) is 0 Å². The molecule has 0 aliphatic carbocycles. The van der Waals surface area contributed by atoms with E-state index in [9.17, 15) is 45.6 Å². The summed E-state index contributed by atoms with van der Waals surface area (Å²) >= 11 is 0. The first-order valence-corrected chi connectivity index (χ1v) is 11.8. The van der Waals surface area contributed by atoms with E-state index in [1.807, 2.05) is 0 Å². The Morgan fingerprint density at radius 2 is 1.24 bits per heavy atom. The molecule has 216 valence electrons. The maximum atomic E-state index is 12.0. The lowest BCUT2D eigenvalue weighted by atomic mass is 9.94. The van der Waals surface area contributed by atoms with Gasteiger partial charge in [0.05, 0.1) is 19.3 Å². The fourth-order valence-electron chi connectivity index (χ4n) is 4.58. The van der Waals surface area contributed by atoms with Crippen LogP contribution < -0.4 is 5.32 Å². The van der Waals surface area contributed by atoms with Gasteiger partial charge in [-0.25, -0.2) is 0 Å². The normalized spacial score (nSPS) is 49.0. The van der Waals surface area contributed by atoms with Crippen LogP contribution in [-0.2, 0) is 33.2 Å². The Kier molecular flexibility index (Phi) is 10.6. The Labute approximate surface area is 212 Å². The van der Waals surface area contributed by atoms with Crippen LogP contribution in [0.25, 0.3) is 0 Å². The number of hydrogen-bond acceptors (Lipinski definition) is 15. The Morgan fingerprint density at radius 1 is 0.730 bits per heavy atom. The van der Waals surface area contributed by atoms with E-state index >= 15 is 0 Å². The van der Waals surface area contributed by atoms with E-state index in [0.29, 0.717) is 0 Å². The van der Waals surface area contributed by atoms with Crippen LogP contribution in [0, 0.1) is 0 Å². The van der Waals surface area contributed by atoms with E-state index in [0.717, 1.165) is 0 Å². The lowest BCUT2D eigenvalue weighted by Gasteiger charge is -2.50. The van der Waals surface area contributed by atoms with Crippen molar-refractivity contribution >= 4 is 5.91 Å². The number of hydrogen-bond donors (Lipinski definition) is 9. The molecule has 15 atom stereocenters. The third-order valence-corrected chi connectivity index (χ3v) is 6.67. The van der Waals surface area contributed by atoms with Gasteiger partial charge in [0, 0.05) is 14.0 Å². The second-order valence-electron chi connectivity index (χ2n) is 9.27. The van der Waals surface area contributed by atoms with Crippen molar-refractivity contribution < 1.29 is 74.1 Å². The number of nitrogens with one attached hydrogen (secondary N) is 1. The number of ether oxygens (including phenoxy) is 6. The van der Waals surface area contributed by atoms with Crippen molar-refractivity contribution in [1.29, 1.82) is 0 Å². The molecule has 0 radical (unpaired) electrons. The monoisotopic (exact) mass is 543 g/mol. The molecule has 0 aromatic heterocycles. The third kappa shape index (κ3) is 6.39. The van der Waals surface area contributed by atoms with Gasteiger partial charge in [0.1, 0.15) is 67.1 Å². The molecule has 0 aromatic carbocycles. The summed E-state index contributed by atoms with van der Waals surface area (Å²) in [5, 5.41) is 83.5. The molecule has 0 spiro atoms. The van der Waals surface area contributed by atoms with Crippen LogP contribution >= 0.6 is 0 Å². The number of carbonyl (C=O) groups excluding carboxylic acids is 1. The molecule has 3 aliphatic heterocycles. The van der Waals surface area contributed by atoms with E-state index in [1.165, 1.54) is 21.0 Å². The molecule has 3 rings (SSSR count). The second-order valence-corrected chi connectivity index (χ2v) is 9.27. The number of aliphatic hydroxyl groups is 8. The van der Waals surface area contributed by atoms with E-state index in [-0.39, 0.29) is 0 Å². The molecule has 16 heteroatoms. The fourth-order valence-corrected chi connectivity index (χ4v) is 4.58. The van der Waals surface area contributed by atoms with Crippen LogP contribution in [0.2, 0.25) is 0 Å². The van der Waals surface area contributed by atoms with Gasteiger partial charge in [-0.2, -0.15) is 0 Å². The molecular formula is C21H37NO15. The standard InChI is InChI=1S/C21H37NO15/c1-6-11(26)13(28)15(30)20(33-6)36-17-9(5-24)35-19(32-3)10(22-7(2)25)18(17)37-21-16(31)14(29)12(27)8(4-23)34-21/h6,8-21,23-24,26-31H,4-5H2,1-3H3,(H,22,25)/t6?,8?,9?,10-,11-,12-,13?,14?,15-,16-,17+,18?,19+,20+,21-/m0/s1. The summed E-state index contributed by atoms with van der Waals surface area (Å²) < 4.78 is 33.7. The Bertz CT molecular complexity index is 745. The van der Waals surface area contributed by atoms with Gasteiger partial charge in [-0.05, 0) is 6.92 Å². The molecule has 3 fully saturated rings. The molecule has 9 N–H and O–H groups in total. The molecule has 0 bridgehead atoms. The molecular weight excluding hydrogens is 506 g/mol. The predicted molar refractivity (Wildman–Crippen MR) is 116 cm³/mol. The maximum absolute atomic E-state index is 12.0. The Morgan fingerprint density at radius 3 is 1.78 bits per heavy atom. The highest BCUT2D eigenvalue weighted by Crippen LogP contribution is 2.33. The number of aliphatic hydroxyl groups excluding tert-OH is 8. The quantitative estimate of drug-likeness (QED) is 0.138. The summed E-state index contributed by atoms with van der Waals surface area (Å²) in [5.74, 6) is -0.555. The van der Waals surface area contributed by atoms with Gasteiger partial charge in [-0.1, -0.05) is 0 Å². The summed E-state index contributed by atoms with van der Waals surface area (Å²) in [7, 11) is 1.26. The highest BCUT2D eigenvalue weighted by Gasteiger charge is 2.54. The van der Waals surface area contributed by atoms with Crippen LogP contribution in [0.1, 0.15) is 13.8 Å². The molecule has 3 aliphatic rings. The van der Waals surface area contributed by atoms with Crippen LogP contribution in [0.15, 0.2) is 0 Å². The lowest BCUT2D eigenvalue weighted by Crippen LogP contribution is -2.69. The third-order valence-electron chi connectivity index (χ3n) is 6.67. The van der Waals surface area contributed by atoms with Gasteiger partial charge < -0.3 is 74.6 Å². The van der Waals surface area contributed by atoms with Crippen molar-refractivity contribution in [2.24, 2.45) is 0 Å². The predicted octanol–water partition coefficient (Wildman–Crippen LogP) is -5.75. The van der Waals surface area contributed by atoms with Crippen molar-refractivity contribution in [3.8, 4) is 0 Å². The van der Waals surface area contributed by atoms with E-state index in [2.05, 4.69) is 5.32 Å². The molecule has 3 saturated heterocycles. The van der Waals surface area contributed by atoms with Crippen molar-refractivity contribution in [2.75, 3.05) is 20.3 Å². The minimum atomic E-state index is -1.82. The summed E-state index contributed by atoms with van der Waals surface area (Å²) in [6.07, 6.45) is -20.8. The number of amides is 1. The average molecular weight is 544 g/mol. The topological polar surface area (TPSA) is 246 Å². The smallest absolute Gasteiger partial charge is 0.217 e.